The standard InChI is InChI=1S/C17H18BrNOS/c1-12-4-3-5-14(8-12)10-21-11-17(20)19-16-7-6-15(18)9-13(16)2/h3-9H,10-11H2,1-2H3,(H,19,20). The smallest absolute Gasteiger partial charge is 0.234 e. The Hall–Kier alpha value is -1.26. The minimum atomic E-state index is 0.0399. The highest BCUT2D eigenvalue weighted by Crippen LogP contribution is 2.20. The molecule has 0 atom stereocenters. The van der Waals surface area contributed by atoms with Crippen LogP contribution in [-0.2, 0) is 10.5 Å². The number of anilines is 1. The molecule has 0 aromatic heterocycles. The fourth-order valence-electron chi connectivity index (χ4n) is 2.02. The summed E-state index contributed by atoms with van der Waals surface area (Å²) in [5.74, 6) is 1.36. The molecule has 1 N–H and O–H groups in total. The molecule has 0 aliphatic rings. The zero-order chi connectivity index (χ0) is 15.2. The summed E-state index contributed by atoms with van der Waals surface area (Å²) >= 11 is 5.05. The van der Waals surface area contributed by atoms with Crippen LogP contribution in [0.1, 0.15) is 16.7 Å². The van der Waals surface area contributed by atoms with Crippen LogP contribution in [0.15, 0.2) is 46.9 Å². The van der Waals surface area contributed by atoms with Crippen LogP contribution in [0.5, 0.6) is 0 Å². The number of carbonyl (C=O) groups is 1. The molecular weight excluding hydrogens is 346 g/mol. The van der Waals surface area contributed by atoms with E-state index < -0.39 is 0 Å². The number of halogens is 1. The monoisotopic (exact) mass is 363 g/mol. The lowest BCUT2D eigenvalue weighted by atomic mass is 10.2. The van der Waals surface area contributed by atoms with Gasteiger partial charge in [-0.15, -0.1) is 11.8 Å². The molecule has 0 aliphatic heterocycles. The van der Waals surface area contributed by atoms with Crippen LogP contribution in [0, 0.1) is 13.8 Å². The number of aryl methyl sites for hydroxylation is 2. The maximum absolute atomic E-state index is 12.0. The van der Waals surface area contributed by atoms with E-state index in [-0.39, 0.29) is 5.91 Å². The molecule has 2 aromatic carbocycles. The fraction of sp³-hybridized carbons (Fsp3) is 0.235. The number of amides is 1. The van der Waals surface area contributed by atoms with Crippen molar-refractivity contribution in [3.63, 3.8) is 0 Å². The predicted octanol–water partition coefficient (Wildman–Crippen LogP) is 4.94. The summed E-state index contributed by atoms with van der Waals surface area (Å²) in [4.78, 5) is 12.0. The zero-order valence-corrected chi connectivity index (χ0v) is 14.6. The van der Waals surface area contributed by atoms with Gasteiger partial charge >= 0.3 is 0 Å². The minimum absolute atomic E-state index is 0.0399. The first-order valence-electron chi connectivity index (χ1n) is 6.74. The summed E-state index contributed by atoms with van der Waals surface area (Å²) in [5.41, 5.74) is 4.44. The van der Waals surface area contributed by atoms with Crippen molar-refractivity contribution in [1.29, 1.82) is 0 Å². The first-order valence-corrected chi connectivity index (χ1v) is 8.68. The van der Waals surface area contributed by atoms with Crippen molar-refractivity contribution in [2.24, 2.45) is 0 Å². The Bertz CT molecular complexity index is 642. The number of carbonyl (C=O) groups excluding carboxylic acids is 1. The Morgan fingerprint density at radius 3 is 2.71 bits per heavy atom. The zero-order valence-electron chi connectivity index (χ0n) is 12.2. The van der Waals surface area contributed by atoms with Crippen molar-refractivity contribution in [2.45, 2.75) is 19.6 Å². The van der Waals surface area contributed by atoms with Crippen molar-refractivity contribution in [2.75, 3.05) is 11.1 Å². The van der Waals surface area contributed by atoms with Crippen molar-refractivity contribution in [3.8, 4) is 0 Å². The lowest BCUT2D eigenvalue weighted by Crippen LogP contribution is -2.14. The van der Waals surface area contributed by atoms with Gasteiger partial charge in [0.05, 0.1) is 5.75 Å². The number of thioether (sulfide) groups is 1. The van der Waals surface area contributed by atoms with Gasteiger partial charge in [-0.1, -0.05) is 45.8 Å². The minimum Gasteiger partial charge on any atom is -0.325 e. The molecule has 0 unspecified atom stereocenters. The van der Waals surface area contributed by atoms with Crippen molar-refractivity contribution in [3.05, 3.63) is 63.6 Å². The topological polar surface area (TPSA) is 29.1 Å². The second-order valence-corrected chi connectivity index (χ2v) is 6.89. The van der Waals surface area contributed by atoms with E-state index in [0.29, 0.717) is 5.75 Å². The summed E-state index contributed by atoms with van der Waals surface area (Å²) in [5, 5.41) is 2.95. The molecule has 110 valence electrons. The highest BCUT2D eigenvalue weighted by atomic mass is 79.9. The van der Waals surface area contributed by atoms with Crippen LogP contribution >= 0.6 is 27.7 Å². The number of hydrogen-bond donors (Lipinski definition) is 1. The maximum atomic E-state index is 12.0. The molecule has 0 spiro atoms. The highest BCUT2D eigenvalue weighted by molar-refractivity contribution is 9.10. The van der Waals surface area contributed by atoms with Crippen LogP contribution in [0.2, 0.25) is 0 Å². The van der Waals surface area contributed by atoms with Crippen LogP contribution in [-0.4, -0.2) is 11.7 Å². The molecule has 0 radical (unpaired) electrons. The normalized spacial score (nSPS) is 10.4. The number of benzene rings is 2. The molecule has 2 rings (SSSR count). The Morgan fingerprint density at radius 1 is 1.19 bits per heavy atom. The predicted molar refractivity (Wildman–Crippen MR) is 94.8 cm³/mol. The second kappa shape index (κ2) is 7.66. The molecule has 0 aliphatic carbocycles. The first-order chi connectivity index (χ1) is 10.0. The van der Waals surface area contributed by atoms with Gasteiger partial charge in [0, 0.05) is 15.9 Å². The SMILES string of the molecule is Cc1cccc(CSCC(=O)Nc2ccc(Br)cc2C)c1. The van der Waals surface area contributed by atoms with E-state index in [2.05, 4.69) is 52.4 Å². The average molecular weight is 364 g/mol. The molecule has 2 nitrogen and oxygen atoms in total. The quantitative estimate of drug-likeness (QED) is 0.814. The molecule has 2 aromatic rings. The van der Waals surface area contributed by atoms with Gasteiger partial charge in [0.25, 0.3) is 0 Å². The molecule has 4 heteroatoms. The summed E-state index contributed by atoms with van der Waals surface area (Å²) in [6.45, 7) is 4.07. The van der Waals surface area contributed by atoms with Crippen LogP contribution < -0.4 is 5.32 Å². The van der Waals surface area contributed by atoms with Crippen LogP contribution in [0.4, 0.5) is 5.69 Å². The van der Waals surface area contributed by atoms with Gasteiger partial charge in [-0.25, -0.2) is 0 Å². The summed E-state index contributed by atoms with van der Waals surface area (Å²) < 4.78 is 1.02. The van der Waals surface area contributed by atoms with E-state index in [1.807, 2.05) is 25.1 Å². The van der Waals surface area contributed by atoms with Gasteiger partial charge in [-0.05, 0) is 43.2 Å². The lowest BCUT2D eigenvalue weighted by molar-refractivity contribution is -0.113. The summed E-state index contributed by atoms with van der Waals surface area (Å²) in [6, 6.07) is 14.2. The van der Waals surface area contributed by atoms with Gasteiger partial charge in [0.1, 0.15) is 0 Å². The van der Waals surface area contributed by atoms with Crippen molar-refractivity contribution >= 4 is 39.3 Å². The highest BCUT2D eigenvalue weighted by Gasteiger charge is 2.05. The molecule has 0 saturated carbocycles. The Kier molecular flexibility index (Phi) is 5.88. The molecule has 0 heterocycles. The fourth-order valence-corrected chi connectivity index (χ4v) is 3.27. The number of nitrogens with one attached hydrogen (secondary N) is 1. The van der Waals surface area contributed by atoms with E-state index >= 15 is 0 Å². The Morgan fingerprint density at radius 2 is 2.00 bits per heavy atom. The number of rotatable bonds is 5. The molecule has 0 fully saturated rings. The van der Waals surface area contributed by atoms with E-state index in [4.69, 9.17) is 0 Å². The van der Waals surface area contributed by atoms with Crippen LogP contribution in [0.3, 0.4) is 0 Å². The van der Waals surface area contributed by atoms with E-state index in [1.165, 1.54) is 11.1 Å². The lowest BCUT2D eigenvalue weighted by Gasteiger charge is -2.09. The van der Waals surface area contributed by atoms with Crippen molar-refractivity contribution < 1.29 is 4.79 Å². The third-order valence-electron chi connectivity index (χ3n) is 3.05. The maximum Gasteiger partial charge on any atom is 0.234 e. The largest absolute Gasteiger partial charge is 0.325 e. The first kappa shape index (κ1) is 16.1. The molecule has 1 amide bonds. The third kappa shape index (κ3) is 5.21. The van der Waals surface area contributed by atoms with E-state index in [1.54, 1.807) is 11.8 Å². The third-order valence-corrected chi connectivity index (χ3v) is 4.54. The molecule has 21 heavy (non-hydrogen) atoms. The van der Waals surface area contributed by atoms with Gasteiger partial charge in [-0.2, -0.15) is 0 Å². The van der Waals surface area contributed by atoms with Gasteiger partial charge in [-0.3, -0.25) is 4.79 Å². The van der Waals surface area contributed by atoms with Crippen LogP contribution in [0.25, 0.3) is 0 Å². The van der Waals surface area contributed by atoms with E-state index in [9.17, 15) is 4.79 Å². The van der Waals surface area contributed by atoms with Gasteiger partial charge < -0.3 is 5.32 Å². The Balaban J connectivity index is 1.82. The average Bonchev–Trinajstić information content (AvgIpc) is 2.42. The Labute approximate surface area is 138 Å². The van der Waals surface area contributed by atoms with Crippen molar-refractivity contribution in [1.82, 2.24) is 0 Å². The van der Waals surface area contributed by atoms with Gasteiger partial charge in [0.2, 0.25) is 5.91 Å². The second-order valence-electron chi connectivity index (χ2n) is 4.99. The molecular formula is C17H18BrNOS. The summed E-state index contributed by atoms with van der Waals surface area (Å²) in [7, 11) is 0. The number of hydrogen-bond acceptors (Lipinski definition) is 2. The van der Waals surface area contributed by atoms with Gasteiger partial charge in [0.15, 0.2) is 0 Å². The molecule has 0 bridgehead atoms. The summed E-state index contributed by atoms with van der Waals surface area (Å²) in [6.07, 6.45) is 0. The van der Waals surface area contributed by atoms with E-state index in [0.717, 1.165) is 21.5 Å². The molecule has 0 saturated heterocycles.